The van der Waals surface area contributed by atoms with E-state index in [1.807, 2.05) is 60.7 Å². The maximum atomic E-state index is 13.0. The standard InChI is InChI=1S/C29H35N3O3/c1-29(2,35)24-15-21(17-30-18-24)19-32(3)28(34)23-11-9-20(10-12-23)16-25-13-14-26(31-25)27(33)22-7-5-4-6-8-22/h4-12,15,17-18,25-27,31,33,35H,13-14,16,19H2,1-3H3. The van der Waals surface area contributed by atoms with Gasteiger partial charge in [-0.2, -0.15) is 0 Å². The highest BCUT2D eigenvalue weighted by Crippen LogP contribution is 2.27. The molecule has 0 bridgehead atoms. The van der Waals surface area contributed by atoms with Crippen LogP contribution in [0.25, 0.3) is 0 Å². The van der Waals surface area contributed by atoms with Gasteiger partial charge in [0.05, 0.1) is 11.7 Å². The predicted octanol–water partition coefficient (Wildman–Crippen LogP) is 3.98. The highest BCUT2D eigenvalue weighted by Gasteiger charge is 2.30. The summed E-state index contributed by atoms with van der Waals surface area (Å²) in [7, 11) is 1.77. The van der Waals surface area contributed by atoms with Crippen LogP contribution in [0.3, 0.4) is 0 Å². The first-order chi connectivity index (χ1) is 16.7. The van der Waals surface area contributed by atoms with Crippen LogP contribution in [0.4, 0.5) is 0 Å². The van der Waals surface area contributed by atoms with Crippen molar-refractivity contribution in [2.24, 2.45) is 0 Å². The third-order valence-corrected chi connectivity index (χ3v) is 6.75. The smallest absolute Gasteiger partial charge is 0.253 e. The summed E-state index contributed by atoms with van der Waals surface area (Å²) < 4.78 is 0. The molecule has 3 unspecified atom stereocenters. The van der Waals surface area contributed by atoms with Crippen LogP contribution >= 0.6 is 0 Å². The first-order valence-electron chi connectivity index (χ1n) is 12.2. The van der Waals surface area contributed by atoms with Gasteiger partial charge in [0.2, 0.25) is 0 Å². The SMILES string of the molecule is CN(Cc1cncc(C(C)(C)O)c1)C(=O)c1ccc(CC2CCC(C(O)c3ccccc3)N2)cc1. The highest BCUT2D eigenvalue weighted by molar-refractivity contribution is 5.94. The number of rotatable bonds is 8. The summed E-state index contributed by atoms with van der Waals surface area (Å²) in [6, 6.07) is 19.8. The highest BCUT2D eigenvalue weighted by atomic mass is 16.3. The Morgan fingerprint density at radius 2 is 1.80 bits per heavy atom. The van der Waals surface area contributed by atoms with Gasteiger partial charge in [0.1, 0.15) is 0 Å². The summed E-state index contributed by atoms with van der Waals surface area (Å²) in [5.41, 5.74) is 3.37. The van der Waals surface area contributed by atoms with E-state index in [4.69, 9.17) is 0 Å². The second kappa shape index (κ2) is 10.7. The molecule has 6 nitrogen and oxygen atoms in total. The van der Waals surface area contributed by atoms with Crippen molar-refractivity contribution in [1.82, 2.24) is 15.2 Å². The van der Waals surface area contributed by atoms with E-state index in [-0.39, 0.29) is 11.9 Å². The van der Waals surface area contributed by atoms with Gasteiger partial charge in [-0.05, 0) is 68.0 Å². The molecule has 4 rings (SSSR count). The van der Waals surface area contributed by atoms with Crippen LogP contribution in [0.15, 0.2) is 73.1 Å². The van der Waals surface area contributed by atoms with Crippen molar-refractivity contribution in [3.63, 3.8) is 0 Å². The number of hydrogen-bond acceptors (Lipinski definition) is 5. The van der Waals surface area contributed by atoms with E-state index in [2.05, 4.69) is 10.3 Å². The van der Waals surface area contributed by atoms with E-state index < -0.39 is 11.7 Å². The normalized spacial score (nSPS) is 18.9. The minimum Gasteiger partial charge on any atom is -0.387 e. The molecule has 3 N–H and O–H groups in total. The van der Waals surface area contributed by atoms with Gasteiger partial charge in [-0.3, -0.25) is 9.78 Å². The van der Waals surface area contributed by atoms with Crippen molar-refractivity contribution in [1.29, 1.82) is 0 Å². The Balaban J connectivity index is 1.32. The molecule has 0 saturated carbocycles. The maximum absolute atomic E-state index is 13.0. The fourth-order valence-corrected chi connectivity index (χ4v) is 4.69. The fourth-order valence-electron chi connectivity index (χ4n) is 4.69. The molecule has 1 aliphatic rings. The number of carbonyl (C=O) groups is 1. The molecular formula is C29H35N3O3. The van der Waals surface area contributed by atoms with Gasteiger partial charge >= 0.3 is 0 Å². The number of aromatic nitrogens is 1. The van der Waals surface area contributed by atoms with E-state index in [0.29, 0.717) is 18.2 Å². The lowest BCUT2D eigenvalue weighted by molar-refractivity contribution is 0.0774. The van der Waals surface area contributed by atoms with Crippen LogP contribution in [-0.2, 0) is 18.6 Å². The number of aliphatic hydroxyl groups is 2. The van der Waals surface area contributed by atoms with Crippen LogP contribution in [0.2, 0.25) is 0 Å². The molecule has 184 valence electrons. The molecule has 0 spiro atoms. The quantitative estimate of drug-likeness (QED) is 0.461. The molecule has 1 fully saturated rings. The molecule has 2 aromatic carbocycles. The average Bonchev–Trinajstić information content (AvgIpc) is 3.32. The van der Waals surface area contributed by atoms with Crippen molar-refractivity contribution >= 4 is 5.91 Å². The first-order valence-corrected chi connectivity index (χ1v) is 12.2. The van der Waals surface area contributed by atoms with Gasteiger partial charge in [-0.1, -0.05) is 42.5 Å². The largest absolute Gasteiger partial charge is 0.387 e. The molecule has 1 aromatic heterocycles. The number of pyridine rings is 1. The van der Waals surface area contributed by atoms with E-state index in [9.17, 15) is 15.0 Å². The number of aliphatic hydroxyl groups excluding tert-OH is 1. The molecule has 2 heterocycles. The zero-order chi connectivity index (χ0) is 25.0. The zero-order valence-electron chi connectivity index (χ0n) is 20.7. The third-order valence-electron chi connectivity index (χ3n) is 6.75. The summed E-state index contributed by atoms with van der Waals surface area (Å²) in [5, 5.41) is 24.5. The monoisotopic (exact) mass is 473 g/mol. The molecule has 1 saturated heterocycles. The van der Waals surface area contributed by atoms with Crippen molar-refractivity contribution < 1.29 is 15.0 Å². The van der Waals surface area contributed by atoms with E-state index in [1.54, 1.807) is 38.2 Å². The maximum Gasteiger partial charge on any atom is 0.253 e. The molecule has 0 aliphatic carbocycles. The van der Waals surface area contributed by atoms with E-state index in [0.717, 1.165) is 36.0 Å². The van der Waals surface area contributed by atoms with E-state index in [1.165, 1.54) is 5.56 Å². The van der Waals surface area contributed by atoms with Gasteiger partial charge in [-0.25, -0.2) is 0 Å². The molecule has 1 amide bonds. The fraction of sp³-hybridized carbons (Fsp3) is 0.379. The molecule has 3 aromatic rings. The predicted molar refractivity (Wildman–Crippen MR) is 137 cm³/mol. The van der Waals surface area contributed by atoms with Gasteiger partial charge in [0, 0.05) is 49.2 Å². The number of nitrogens with one attached hydrogen (secondary N) is 1. The molecule has 6 heteroatoms. The lowest BCUT2D eigenvalue weighted by atomic mass is 9.99. The van der Waals surface area contributed by atoms with Gasteiger partial charge in [-0.15, -0.1) is 0 Å². The Hall–Kier alpha value is -3.06. The Kier molecular flexibility index (Phi) is 7.65. The van der Waals surface area contributed by atoms with Crippen molar-refractivity contribution in [3.05, 3.63) is 101 Å². The molecule has 35 heavy (non-hydrogen) atoms. The van der Waals surface area contributed by atoms with Crippen molar-refractivity contribution in [2.75, 3.05) is 7.05 Å². The summed E-state index contributed by atoms with van der Waals surface area (Å²) in [4.78, 5) is 18.8. The number of nitrogens with zero attached hydrogens (tertiary/aromatic N) is 2. The number of carbonyl (C=O) groups excluding carboxylic acids is 1. The zero-order valence-corrected chi connectivity index (χ0v) is 20.7. The lowest BCUT2D eigenvalue weighted by Gasteiger charge is -2.21. The van der Waals surface area contributed by atoms with Gasteiger partial charge in [0.15, 0.2) is 0 Å². The Bertz CT molecular complexity index is 1130. The van der Waals surface area contributed by atoms with Crippen LogP contribution in [0.5, 0.6) is 0 Å². The van der Waals surface area contributed by atoms with Crippen LogP contribution < -0.4 is 5.32 Å². The molecule has 3 atom stereocenters. The number of amides is 1. The summed E-state index contributed by atoms with van der Waals surface area (Å²) in [5.74, 6) is -0.0600. The Morgan fingerprint density at radius 1 is 1.09 bits per heavy atom. The van der Waals surface area contributed by atoms with Gasteiger partial charge < -0.3 is 20.4 Å². The van der Waals surface area contributed by atoms with Crippen LogP contribution in [0, 0.1) is 0 Å². The summed E-state index contributed by atoms with van der Waals surface area (Å²) in [6.07, 6.45) is 5.67. The molecular weight excluding hydrogens is 438 g/mol. The van der Waals surface area contributed by atoms with E-state index >= 15 is 0 Å². The Morgan fingerprint density at radius 3 is 2.49 bits per heavy atom. The topological polar surface area (TPSA) is 85.7 Å². The van der Waals surface area contributed by atoms with Crippen LogP contribution in [-0.4, -0.2) is 45.1 Å². The third kappa shape index (κ3) is 6.34. The lowest BCUT2D eigenvalue weighted by Crippen LogP contribution is -2.35. The van der Waals surface area contributed by atoms with Gasteiger partial charge in [0.25, 0.3) is 5.91 Å². The van der Waals surface area contributed by atoms with Crippen molar-refractivity contribution in [2.45, 2.75) is 63.4 Å². The number of hydrogen-bond donors (Lipinski definition) is 3. The van der Waals surface area contributed by atoms with Crippen LogP contribution in [0.1, 0.15) is 65.4 Å². The average molecular weight is 474 g/mol. The Labute approximate surface area is 207 Å². The second-order valence-corrected chi connectivity index (χ2v) is 10.1. The minimum atomic E-state index is -0.977. The molecule has 0 radical (unpaired) electrons. The number of benzene rings is 2. The second-order valence-electron chi connectivity index (χ2n) is 10.1. The first kappa shape index (κ1) is 25.0. The molecule has 1 aliphatic heterocycles. The summed E-state index contributed by atoms with van der Waals surface area (Å²) >= 11 is 0. The minimum absolute atomic E-state index is 0.0568. The van der Waals surface area contributed by atoms with Crippen molar-refractivity contribution in [3.8, 4) is 0 Å². The summed E-state index contributed by atoms with van der Waals surface area (Å²) in [6.45, 7) is 3.85.